The number of amides is 1. The molecule has 7 heteroatoms. The lowest BCUT2D eigenvalue weighted by Crippen LogP contribution is -2.35. The van der Waals surface area contributed by atoms with Crippen molar-refractivity contribution in [2.75, 3.05) is 19.6 Å². The van der Waals surface area contributed by atoms with Crippen LogP contribution in [0.15, 0.2) is 24.4 Å². The van der Waals surface area contributed by atoms with Crippen LogP contribution < -0.4 is 5.32 Å². The third-order valence-corrected chi connectivity index (χ3v) is 6.52. The number of nitrogens with zero attached hydrogens (tertiary/aromatic N) is 5. The highest BCUT2D eigenvalue weighted by atomic mass is 16.2. The molecule has 0 saturated heterocycles. The summed E-state index contributed by atoms with van der Waals surface area (Å²) in [5.41, 5.74) is 0.428. The van der Waals surface area contributed by atoms with Crippen molar-refractivity contribution in [2.24, 2.45) is 11.8 Å². The van der Waals surface area contributed by atoms with E-state index in [4.69, 9.17) is 0 Å². The number of nitrogens with one attached hydrogen (secondary N) is 1. The summed E-state index contributed by atoms with van der Waals surface area (Å²) in [5.74, 6) is 2.78. The number of fused-ring (bicyclic) bond motifs is 1. The minimum Gasteiger partial charge on any atom is -0.340 e. The van der Waals surface area contributed by atoms with Crippen LogP contribution in [0.25, 0.3) is 0 Å². The van der Waals surface area contributed by atoms with Crippen LogP contribution in [-0.2, 0) is 13.0 Å². The van der Waals surface area contributed by atoms with Gasteiger partial charge in [0.2, 0.25) is 0 Å². The second-order valence-electron chi connectivity index (χ2n) is 9.09. The Morgan fingerprint density at radius 2 is 1.97 bits per heavy atom. The van der Waals surface area contributed by atoms with Crippen LogP contribution in [-0.4, -0.2) is 50.2 Å². The minimum atomic E-state index is -0.189. The van der Waals surface area contributed by atoms with E-state index in [0.29, 0.717) is 5.69 Å². The van der Waals surface area contributed by atoms with Gasteiger partial charge in [0, 0.05) is 38.8 Å². The van der Waals surface area contributed by atoms with Crippen LogP contribution in [0.5, 0.6) is 0 Å². The molecule has 0 aromatic carbocycles. The summed E-state index contributed by atoms with van der Waals surface area (Å²) in [4.78, 5) is 19.5. The third kappa shape index (κ3) is 4.89. The van der Waals surface area contributed by atoms with Gasteiger partial charge >= 0.3 is 0 Å². The van der Waals surface area contributed by atoms with Gasteiger partial charge in [0.15, 0.2) is 5.82 Å². The fourth-order valence-electron chi connectivity index (χ4n) is 4.78. The number of hydrogen-bond donors (Lipinski definition) is 1. The van der Waals surface area contributed by atoms with E-state index in [1.807, 2.05) is 12.1 Å². The zero-order valence-electron chi connectivity index (χ0n) is 18.3. The Morgan fingerprint density at radius 1 is 1.13 bits per heavy atom. The molecule has 162 valence electrons. The van der Waals surface area contributed by atoms with Gasteiger partial charge in [-0.15, -0.1) is 10.2 Å². The number of pyridine rings is 1. The van der Waals surface area contributed by atoms with Gasteiger partial charge in [-0.05, 0) is 36.8 Å². The topological polar surface area (TPSA) is 75.9 Å². The summed E-state index contributed by atoms with van der Waals surface area (Å²) in [7, 11) is 0. The molecule has 2 aliphatic rings. The highest BCUT2D eigenvalue weighted by molar-refractivity contribution is 5.92. The lowest BCUT2D eigenvalue weighted by atomic mass is 9.89. The Morgan fingerprint density at radius 3 is 2.70 bits per heavy atom. The van der Waals surface area contributed by atoms with Gasteiger partial charge in [-0.2, -0.15) is 0 Å². The first-order valence-electron chi connectivity index (χ1n) is 11.5. The van der Waals surface area contributed by atoms with E-state index in [0.717, 1.165) is 43.6 Å². The maximum Gasteiger partial charge on any atom is 0.270 e. The van der Waals surface area contributed by atoms with E-state index >= 15 is 0 Å². The predicted octanol–water partition coefficient (Wildman–Crippen LogP) is 3.24. The fraction of sp³-hybridized carbons (Fsp3) is 0.652. The highest BCUT2D eigenvalue weighted by Crippen LogP contribution is 2.26. The van der Waals surface area contributed by atoms with Crippen LogP contribution in [0.2, 0.25) is 0 Å². The third-order valence-electron chi connectivity index (χ3n) is 6.52. The molecule has 1 amide bonds. The molecule has 3 heterocycles. The number of carbonyl (C=O) groups is 1. The Labute approximate surface area is 179 Å². The van der Waals surface area contributed by atoms with E-state index in [-0.39, 0.29) is 17.9 Å². The summed E-state index contributed by atoms with van der Waals surface area (Å²) in [6.45, 7) is 8.37. The smallest absolute Gasteiger partial charge is 0.270 e. The van der Waals surface area contributed by atoms with E-state index < -0.39 is 0 Å². The first-order valence-corrected chi connectivity index (χ1v) is 11.5. The Bertz CT molecular complexity index is 827. The van der Waals surface area contributed by atoms with Crippen LogP contribution in [0.4, 0.5) is 0 Å². The van der Waals surface area contributed by atoms with E-state index in [9.17, 15) is 4.79 Å². The standard InChI is InChI=1S/C23H34N6O/c1-17(2)21(25-23(30)19-10-6-7-12-24-19)22-27-26-20-11-13-28(14-15-29(20)22)16-18-8-4-3-5-9-18/h6-7,10,12,17-18,21H,3-5,8-9,11,13-16H2,1-2H3,(H,25,30)/t21-/m1/s1. The molecule has 0 spiro atoms. The molecule has 1 aliphatic carbocycles. The molecule has 7 nitrogen and oxygen atoms in total. The van der Waals surface area contributed by atoms with E-state index in [1.54, 1.807) is 12.3 Å². The quantitative estimate of drug-likeness (QED) is 0.791. The van der Waals surface area contributed by atoms with Crippen molar-refractivity contribution in [1.82, 2.24) is 30.0 Å². The van der Waals surface area contributed by atoms with Crippen LogP contribution in [0, 0.1) is 11.8 Å². The summed E-state index contributed by atoms with van der Waals surface area (Å²) in [5, 5.41) is 12.2. The van der Waals surface area contributed by atoms with Gasteiger partial charge < -0.3 is 14.8 Å². The Hall–Kier alpha value is -2.28. The molecular weight excluding hydrogens is 376 g/mol. The normalized spacial score (nSPS) is 19.3. The highest BCUT2D eigenvalue weighted by Gasteiger charge is 2.28. The summed E-state index contributed by atoms with van der Waals surface area (Å²) >= 11 is 0. The van der Waals surface area contributed by atoms with Crippen molar-refractivity contribution < 1.29 is 4.79 Å². The first kappa shape index (κ1) is 21.0. The zero-order chi connectivity index (χ0) is 20.9. The van der Waals surface area contributed by atoms with Crippen molar-refractivity contribution >= 4 is 5.91 Å². The van der Waals surface area contributed by atoms with Gasteiger partial charge in [-0.25, -0.2) is 0 Å². The van der Waals surface area contributed by atoms with E-state index in [1.165, 1.54) is 38.6 Å². The lowest BCUT2D eigenvalue weighted by molar-refractivity contribution is 0.0916. The zero-order valence-corrected chi connectivity index (χ0v) is 18.3. The number of aromatic nitrogens is 4. The average Bonchev–Trinajstić information content (AvgIpc) is 3.06. The van der Waals surface area contributed by atoms with Gasteiger partial charge in [0.1, 0.15) is 11.5 Å². The molecule has 1 saturated carbocycles. The summed E-state index contributed by atoms with van der Waals surface area (Å²) < 4.78 is 2.24. The average molecular weight is 411 g/mol. The number of hydrogen-bond acceptors (Lipinski definition) is 5. The maximum absolute atomic E-state index is 12.7. The molecule has 1 N–H and O–H groups in total. The number of carbonyl (C=O) groups excluding carboxylic acids is 1. The van der Waals surface area contributed by atoms with Gasteiger partial charge in [0.05, 0.1) is 6.04 Å². The SMILES string of the molecule is CC(C)[C@@H](NC(=O)c1ccccn1)c1nnc2n1CCN(CC1CCCCC1)CC2. The first-order chi connectivity index (χ1) is 14.6. The van der Waals surface area contributed by atoms with Crippen LogP contribution >= 0.6 is 0 Å². The largest absolute Gasteiger partial charge is 0.340 e. The second kappa shape index (κ2) is 9.69. The van der Waals surface area contributed by atoms with E-state index in [2.05, 4.69) is 43.8 Å². The Kier molecular flexibility index (Phi) is 6.77. The van der Waals surface area contributed by atoms with Gasteiger partial charge in [-0.1, -0.05) is 39.2 Å². The summed E-state index contributed by atoms with van der Waals surface area (Å²) in [6, 6.07) is 5.19. The molecule has 30 heavy (non-hydrogen) atoms. The van der Waals surface area contributed by atoms with Crippen molar-refractivity contribution in [3.63, 3.8) is 0 Å². The molecule has 0 bridgehead atoms. The minimum absolute atomic E-state index is 0.167. The van der Waals surface area contributed by atoms with Crippen molar-refractivity contribution in [3.8, 4) is 0 Å². The van der Waals surface area contributed by atoms with Crippen molar-refractivity contribution in [3.05, 3.63) is 41.7 Å². The number of rotatable bonds is 6. The van der Waals surface area contributed by atoms with Crippen molar-refractivity contribution in [2.45, 2.75) is 65.0 Å². The van der Waals surface area contributed by atoms with Gasteiger partial charge in [0.25, 0.3) is 5.91 Å². The molecule has 2 aromatic heterocycles. The maximum atomic E-state index is 12.7. The monoisotopic (exact) mass is 410 g/mol. The van der Waals surface area contributed by atoms with Gasteiger partial charge in [-0.3, -0.25) is 9.78 Å². The molecular formula is C23H34N6O. The Balaban J connectivity index is 1.45. The summed E-state index contributed by atoms with van der Waals surface area (Å²) in [6.07, 6.45) is 9.50. The van der Waals surface area contributed by atoms with Crippen molar-refractivity contribution in [1.29, 1.82) is 0 Å². The second-order valence-corrected chi connectivity index (χ2v) is 9.09. The molecule has 1 atom stereocenters. The van der Waals surface area contributed by atoms with Crippen LogP contribution in [0.3, 0.4) is 0 Å². The molecule has 0 unspecified atom stereocenters. The lowest BCUT2D eigenvalue weighted by Gasteiger charge is -2.28. The molecule has 1 aliphatic heterocycles. The molecule has 1 fully saturated rings. The fourth-order valence-corrected chi connectivity index (χ4v) is 4.78. The molecule has 2 aromatic rings. The predicted molar refractivity (Wildman–Crippen MR) is 116 cm³/mol. The van der Waals surface area contributed by atoms with Crippen LogP contribution in [0.1, 0.15) is 74.1 Å². The molecule has 4 rings (SSSR count). The molecule has 0 radical (unpaired) electrons.